The Balaban J connectivity index is 2.73. The number of ether oxygens (including phenoxy) is 1. The van der Waals surface area contributed by atoms with Crippen LogP contribution in [-0.4, -0.2) is 21.0 Å². The molecule has 0 aliphatic rings. The summed E-state index contributed by atoms with van der Waals surface area (Å²) in [7, 11) is -1.27. The molecule has 0 fully saturated rings. The van der Waals surface area contributed by atoms with Gasteiger partial charge in [0.1, 0.15) is 10.9 Å². The lowest BCUT2D eigenvalue weighted by atomic mass is 10.1. The van der Waals surface area contributed by atoms with E-state index in [1.165, 1.54) is 0 Å². The first kappa shape index (κ1) is 16.9. The van der Waals surface area contributed by atoms with Crippen LogP contribution in [0.15, 0.2) is 18.2 Å². The maximum atomic E-state index is 12.3. The van der Waals surface area contributed by atoms with E-state index in [0.29, 0.717) is 5.75 Å². The highest BCUT2D eigenvalue weighted by Gasteiger charge is 2.26. The van der Waals surface area contributed by atoms with Crippen molar-refractivity contribution in [3.63, 3.8) is 0 Å². The van der Waals surface area contributed by atoms with Crippen LogP contribution >= 0.6 is 0 Å². The van der Waals surface area contributed by atoms with E-state index in [4.69, 9.17) is 4.74 Å². The standard InChI is InChI=1S/C16H24O3S/c1-11-7-12(2)9-14(8-11)10-20(18)13(3)15(17)19-16(4,5)6/h7-9,13H,10H2,1-6H3. The molecule has 1 aromatic rings. The van der Waals surface area contributed by atoms with Crippen molar-refractivity contribution in [1.29, 1.82) is 0 Å². The van der Waals surface area contributed by atoms with E-state index in [9.17, 15) is 9.00 Å². The second-order valence-electron chi connectivity index (χ2n) is 6.20. The summed E-state index contributed by atoms with van der Waals surface area (Å²) in [5, 5.41) is -0.616. The number of aryl methyl sites for hydroxylation is 2. The van der Waals surface area contributed by atoms with Crippen LogP contribution in [0.4, 0.5) is 0 Å². The zero-order valence-electron chi connectivity index (χ0n) is 13.1. The predicted molar refractivity (Wildman–Crippen MR) is 83.1 cm³/mol. The van der Waals surface area contributed by atoms with Crippen LogP contribution in [0.3, 0.4) is 0 Å². The van der Waals surface area contributed by atoms with Gasteiger partial charge in [0.2, 0.25) is 0 Å². The third kappa shape index (κ3) is 5.45. The first-order valence-electron chi connectivity index (χ1n) is 6.76. The summed E-state index contributed by atoms with van der Waals surface area (Å²) >= 11 is 0. The highest BCUT2D eigenvalue weighted by molar-refractivity contribution is 7.85. The van der Waals surface area contributed by atoms with Gasteiger partial charge in [-0.2, -0.15) is 0 Å². The van der Waals surface area contributed by atoms with Crippen molar-refractivity contribution >= 4 is 16.8 Å². The second-order valence-corrected chi connectivity index (χ2v) is 7.95. The summed E-state index contributed by atoms with van der Waals surface area (Å²) < 4.78 is 17.5. The lowest BCUT2D eigenvalue weighted by Gasteiger charge is -2.22. The highest BCUT2D eigenvalue weighted by Crippen LogP contribution is 2.15. The van der Waals surface area contributed by atoms with Crippen molar-refractivity contribution < 1.29 is 13.7 Å². The smallest absolute Gasteiger partial charge is 0.321 e. The summed E-state index contributed by atoms with van der Waals surface area (Å²) in [6.45, 7) is 11.1. The number of benzene rings is 1. The number of esters is 1. The van der Waals surface area contributed by atoms with Crippen molar-refractivity contribution in [2.75, 3.05) is 0 Å². The maximum absolute atomic E-state index is 12.3. The van der Waals surface area contributed by atoms with E-state index in [0.717, 1.165) is 16.7 Å². The molecule has 1 rings (SSSR count). The molecule has 3 nitrogen and oxygen atoms in total. The Labute approximate surface area is 124 Å². The molecule has 0 heterocycles. The lowest BCUT2D eigenvalue weighted by Crippen LogP contribution is -2.33. The molecule has 2 unspecified atom stereocenters. The van der Waals surface area contributed by atoms with Crippen LogP contribution in [0.5, 0.6) is 0 Å². The number of hydrogen-bond donors (Lipinski definition) is 0. The molecule has 2 atom stereocenters. The molecule has 0 radical (unpaired) electrons. The van der Waals surface area contributed by atoms with E-state index in [2.05, 4.69) is 6.07 Å². The van der Waals surface area contributed by atoms with Gasteiger partial charge in [0.15, 0.2) is 0 Å². The normalized spacial score (nSPS) is 14.7. The lowest BCUT2D eigenvalue weighted by molar-refractivity contribution is -0.153. The van der Waals surface area contributed by atoms with Crippen molar-refractivity contribution in [3.8, 4) is 0 Å². The fourth-order valence-electron chi connectivity index (χ4n) is 1.93. The summed E-state index contributed by atoms with van der Waals surface area (Å²) in [4.78, 5) is 11.9. The number of carbonyl (C=O) groups is 1. The molecule has 0 spiro atoms. The van der Waals surface area contributed by atoms with E-state index in [1.807, 2.05) is 46.8 Å². The quantitative estimate of drug-likeness (QED) is 0.801. The minimum absolute atomic E-state index is 0.378. The van der Waals surface area contributed by atoms with Gasteiger partial charge in [-0.1, -0.05) is 29.3 Å². The molecule has 0 saturated carbocycles. The monoisotopic (exact) mass is 296 g/mol. The first-order chi connectivity index (χ1) is 9.08. The van der Waals surface area contributed by atoms with Crippen LogP contribution in [0.25, 0.3) is 0 Å². The Bertz CT molecular complexity index is 495. The Morgan fingerprint density at radius 3 is 2.15 bits per heavy atom. The number of hydrogen-bond acceptors (Lipinski definition) is 3. The average Bonchev–Trinajstić information content (AvgIpc) is 2.23. The fourth-order valence-corrected chi connectivity index (χ4v) is 2.94. The molecule has 1 aromatic carbocycles. The van der Waals surface area contributed by atoms with Gasteiger partial charge in [0.25, 0.3) is 0 Å². The van der Waals surface area contributed by atoms with E-state index in [1.54, 1.807) is 6.92 Å². The van der Waals surface area contributed by atoms with Crippen LogP contribution < -0.4 is 0 Å². The van der Waals surface area contributed by atoms with Crippen LogP contribution in [0.1, 0.15) is 44.4 Å². The van der Waals surface area contributed by atoms with E-state index in [-0.39, 0.29) is 0 Å². The Morgan fingerprint density at radius 2 is 1.70 bits per heavy atom. The predicted octanol–water partition coefficient (Wildman–Crippen LogP) is 3.28. The minimum Gasteiger partial charge on any atom is -0.459 e. The van der Waals surface area contributed by atoms with Crippen molar-refractivity contribution in [2.45, 2.75) is 58.1 Å². The zero-order valence-corrected chi connectivity index (χ0v) is 14.0. The molecule has 0 amide bonds. The average molecular weight is 296 g/mol. The van der Waals surface area contributed by atoms with Crippen LogP contribution in [0.2, 0.25) is 0 Å². The highest BCUT2D eigenvalue weighted by atomic mass is 32.2. The summed E-state index contributed by atoms with van der Waals surface area (Å²) in [6.07, 6.45) is 0. The molecule has 20 heavy (non-hydrogen) atoms. The Kier molecular flexibility index (Phi) is 5.51. The Hall–Kier alpha value is -1.16. The summed E-state index contributed by atoms with van der Waals surface area (Å²) in [6, 6.07) is 6.09. The number of carbonyl (C=O) groups excluding carboxylic acids is 1. The van der Waals surface area contributed by atoms with Gasteiger partial charge in [-0.15, -0.1) is 0 Å². The second kappa shape index (κ2) is 6.53. The van der Waals surface area contributed by atoms with Crippen LogP contribution in [0, 0.1) is 13.8 Å². The SMILES string of the molecule is Cc1cc(C)cc(CS(=O)C(C)C(=O)OC(C)(C)C)c1. The minimum atomic E-state index is -1.27. The largest absolute Gasteiger partial charge is 0.459 e. The van der Waals surface area contributed by atoms with Crippen LogP contribution in [-0.2, 0) is 26.1 Å². The molecule has 0 aliphatic carbocycles. The molecule has 0 bridgehead atoms. The maximum Gasteiger partial charge on any atom is 0.321 e. The first-order valence-corrected chi connectivity index (χ1v) is 8.14. The molecular weight excluding hydrogens is 272 g/mol. The molecule has 0 saturated heterocycles. The zero-order chi connectivity index (χ0) is 15.5. The van der Waals surface area contributed by atoms with Gasteiger partial charge in [0.05, 0.1) is 0 Å². The number of rotatable bonds is 4. The third-order valence-electron chi connectivity index (χ3n) is 2.72. The van der Waals surface area contributed by atoms with Gasteiger partial charge in [0, 0.05) is 16.6 Å². The third-order valence-corrected chi connectivity index (χ3v) is 4.32. The molecule has 0 aromatic heterocycles. The van der Waals surface area contributed by atoms with Crippen molar-refractivity contribution in [2.24, 2.45) is 0 Å². The molecule has 0 N–H and O–H groups in total. The van der Waals surface area contributed by atoms with Gasteiger partial charge >= 0.3 is 5.97 Å². The molecule has 112 valence electrons. The van der Waals surface area contributed by atoms with Gasteiger partial charge in [-0.25, -0.2) is 0 Å². The molecule has 4 heteroatoms. The summed E-state index contributed by atoms with van der Waals surface area (Å²) in [5.41, 5.74) is 2.73. The molecule has 0 aliphatic heterocycles. The van der Waals surface area contributed by atoms with E-state index >= 15 is 0 Å². The topological polar surface area (TPSA) is 43.4 Å². The van der Waals surface area contributed by atoms with Gasteiger partial charge in [-0.3, -0.25) is 9.00 Å². The van der Waals surface area contributed by atoms with E-state index < -0.39 is 27.6 Å². The van der Waals surface area contributed by atoms with Gasteiger partial charge in [-0.05, 0) is 47.1 Å². The van der Waals surface area contributed by atoms with Gasteiger partial charge < -0.3 is 4.74 Å². The fraction of sp³-hybridized carbons (Fsp3) is 0.562. The molecular formula is C16H24O3S. The van der Waals surface area contributed by atoms with Crippen molar-refractivity contribution in [3.05, 3.63) is 34.9 Å². The van der Waals surface area contributed by atoms with Crippen molar-refractivity contribution in [1.82, 2.24) is 0 Å². The Morgan fingerprint density at radius 1 is 1.20 bits per heavy atom. The summed E-state index contributed by atoms with van der Waals surface area (Å²) in [5.74, 6) is -0.0247.